The number of carbonyl (C=O) groups is 1. The van der Waals surface area contributed by atoms with E-state index in [1.165, 1.54) is 13.1 Å². The summed E-state index contributed by atoms with van der Waals surface area (Å²) in [6.45, 7) is -0.492. The SMILES string of the molecule is CNC(=O)c1cc(OCC(F)(F)F)cc(CN2CCCCC2C)c1OCC(F)(F)F. The van der Waals surface area contributed by atoms with Crippen molar-refractivity contribution in [2.75, 3.05) is 26.8 Å². The zero-order valence-corrected chi connectivity index (χ0v) is 16.6. The van der Waals surface area contributed by atoms with E-state index in [-0.39, 0.29) is 35.2 Å². The lowest BCUT2D eigenvalue weighted by Crippen LogP contribution is -2.37. The van der Waals surface area contributed by atoms with Gasteiger partial charge in [0, 0.05) is 25.2 Å². The van der Waals surface area contributed by atoms with Crippen molar-refractivity contribution in [1.82, 2.24) is 10.2 Å². The Morgan fingerprint density at radius 2 is 1.73 bits per heavy atom. The van der Waals surface area contributed by atoms with Gasteiger partial charge in [0.05, 0.1) is 5.56 Å². The van der Waals surface area contributed by atoms with Crippen LogP contribution in [0.1, 0.15) is 42.1 Å². The molecule has 30 heavy (non-hydrogen) atoms. The second-order valence-electron chi connectivity index (χ2n) is 7.16. The molecular formula is C19H24F6N2O3. The molecule has 0 bridgehead atoms. The lowest BCUT2D eigenvalue weighted by atomic mass is 10.0. The molecule has 0 radical (unpaired) electrons. The van der Waals surface area contributed by atoms with Crippen LogP contribution in [-0.4, -0.2) is 56.0 Å². The minimum atomic E-state index is -4.65. The normalized spacial score (nSPS) is 18.2. The minimum absolute atomic E-state index is 0.113. The average molecular weight is 442 g/mol. The standard InChI is InChI=1S/C19H24F6N2O3/c1-12-5-3-4-6-27(12)9-13-7-14(29-10-18(20,21)22)8-15(17(28)26-2)16(13)30-11-19(23,24)25/h7-8,12H,3-6,9-11H2,1-2H3,(H,26,28). The number of alkyl halides is 6. The first-order chi connectivity index (χ1) is 13.9. The number of carbonyl (C=O) groups excluding carboxylic acids is 1. The number of ether oxygens (including phenoxy) is 2. The fraction of sp³-hybridized carbons (Fsp3) is 0.632. The van der Waals surface area contributed by atoms with E-state index in [2.05, 4.69) is 5.32 Å². The lowest BCUT2D eigenvalue weighted by Gasteiger charge is -2.34. The Hall–Kier alpha value is -2.17. The van der Waals surface area contributed by atoms with E-state index in [1.54, 1.807) is 0 Å². The number of piperidine rings is 1. The highest BCUT2D eigenvalue weighted by atomic mass is 19.4. The maximum atomic E-state index is 12.8. The third-order valence-electron chi connectivity index (χ3n) is 4.71. The molecule has 5 nitrogen and oxygen atoms in total. The minimum Gasteiger partial charge on any atom is -0.484 e. The van der Waals surface area contributed by atoms with Crippen molar-refractivity contribution in [1.29, 1.82) is 0 Å². The molecule has 0 spiro atoms. The third kappa shape index (κ3) is 7.26. The van der Waals surface area contributed by atoms with E-state index < -0.39 is 31.5 Å². The predicted molar refractivity (Wildman–Crippen MR) is 96.7 cm³/mol. The van der Waals surface area contributed by atoms with Gasteiger partial charge >= 0.3 is 12.4 Å². The van der Waals surface area contributed by atoms with Gasteiger partial charge in [-0.2, -0.15) is 26.3 Å². The van der Waals surface area contributed by atoms with Crippen LogP contribution in [0.5, 0.6) is 11.5 Å². The summed E-state index contributed by atoms with van der Waals surface area (Å²) in [5.74, 6) is -1.38. The molecule has 1 aliphatic rings. The molecule has 1 aromatic carbocycles. The molecular weight excluding hydrogens is 418 g/mol. The summed E-state index contributed by atoms with van der Waals surface area (Å²) in [4.78, 5) is 14.2. The number of nitrogens with one attached hydrogen (secondary N) is 1. The zero-order chi connectivity index (χ0) is 22.5. The molecule has 0 aromatic heterocycles. The fourth-order valence-electron chi connectivity index (χ4n) is 3.26. The highest BCUT2D eigenvalue weighted by molar-refractivity contribution is 5.97. The molecule has 2 rings (SSSR count). The molecule has 1 amide bonds. The van der Waals surface area contributed by atoms with Gasteiger partial charge in [-0.05, 0) is 38.4 Å². The van der Waals surface area contributed by atoms with Gasteiger partial charge in [0.15, 0.2) is 13.2 Å². The van der Waals surface area contributed by atoms with Crippen molar-refractivity contribution >= 4 is 5.91 Å². The Kier molecular flexibility index (Phi) is 7.84. The van der Waals surface area contributed by atoms with Gasteiger partial charge in [0.25, 0.3) is 5.91 Å². The molecule has 1 unspecified atom stereocenters. The summed E-state index contributed by atoms with van der Waals surface area (Å²) in [7, 11) is 1.26. The van der Waals surface area contributed by atoms with Crippen LogP contribution in [0.4, 0.5) is 26.3 Å². The van der Waals surface area contributed by atoms with Crippen molar-refractivity contribution in [3.8, 4) is 11.5 Å². The largest absolute Gasteiger partial charge is 0.484 e. The van der Waals surface area contributed by atoms with Crippen LogP contribution >= 0.6 is 0 Å². The Labute approximate surface area is 170 Å². The van der Waals surface area contributed by atoms with Crippen LogP contribution < -0.4 is 14.8 Å². The van der Waals surface area contributed by atoms with Crippen molar-refractivity contribution in [3.05, 3.63) is 23.3 Å². The topological polar surface area (TPSA) is 50.8 Å². The van der Waals surface area contributed by atoms with E-state index in [1.807, 2.05) is 11.8 Å². The second kappa shape index (κ2) is 9.76. The monoisotopic (exact) mass is 442 g/mol. The molecule has 1 aromatic rings. The van der Waals surface area contributed by atoms with Gasteiger partial charge in [-0.3, -0.25) is 9.69 Å². The molecule has 1 aliphatic heterocycles. The summed E-state index contributed by atoms with van der Waals surface area (Å²) >= 11 is 0. The van der Waals surface area contributed by atoms with Gasteiger partial charge in [-0.1, -0.05) is 6.42 Å². The molecule has 1 atom stereocenters. The van der Waals surface area contributed by atoms with Gasteiger partial charge in [0.2, 0.25) is 0 Å². The Bertz CT molecular complexity index is 736. The number of hydrogen-bond acceptors (Lipinski definition) is 4. The summed E-state index contributed by atoms with van der Waals surface area (Å²) < 4.78 is 85.6. The van der Waals surface area contributed by atoms with E-state index >= 15 is 0 Å². The van der Waals surface area contributed by atoms with Crippen molar-refractivity contribution in [2.24, 2.45) is 0 Å². The first-order valence-electron chi connectivity index (χ1n) is 9.42. The van der Waals surface area contributed by atoms with Crippen LogP contribution in [0.25, 0.3) is 0 Å². The second-order valence-corrected chi connectivity index (χ2v) is 7.16. The summed E-state index contributed by atoms with van der Waals surface area (Å²) in [6.07, 6.45) is -6.49. The highest BCUT2D eigenvalue weighted by Gasteiger charge is 2.32. The van der Waals surface area contributed by atoms with Crippen molar-refractivity contribution in [3.63, 3.8) is 0 Å². The quantitative estimate of drug-likeness (QED) is 0.640. The molecule has 1 N–H and O–H groups in total. The molecule has 1 fully saturated rings. The highest BCUT2D eigenvalue weighted by Crippen LogP contribution is 2.34. The van der Waals surface area contributed by atoms with Crippen LogP contribution in [0, 0.1) is 0 Å². The zero-order valence-electron chi connectivity index (χ0n) is 16.6. The molecule has 170 valence electrons. The van der Waals surface area contributed by atoms with Crippen LogP contribution in [0.2, 0.25) is 0 Å². The smallest absolute Gasteiger partial charge is 0.422 e. The van der Waals surface area contributed by atoms with Crippen LogP contribution in [0.3, 0.4) is 0 Å². The van der Waals surface area contributed by atoms with E-state index in [0.717, 1.165) is 25.3 Å². The number of halogens is 6. The summed E-state index contributed by atoms with van der Waals surface area (Å²) in [5.41, 5.74) is -0.160. The lowest BCUT2D eigenvalue weighted by molar-refractivity contribution is -0.154. The van der Waals surface area contributed by atoms with Crippen LogP contribution in [0.15, 0.2) is 12.1 Å². The molecule has 0 saturated carbocycles. The van der Waals surface area contributed by atoms with Gasteiger partial charge in [-0.15, -0.1) is 0 Å². The average Bonchev–Trinajstić information content (AvgIpc) is 2.65. The first kappa shape index (κ1) is 24.1. The number of amides is 1. The number of rotatable bonds is 7. The first-order valence-corrected chi connectivity index (χ1v) is 9.42. The van der Waals surface area contributed by atoms with E-state index in [9.17, 15) is 31.1 Å². The molecule has 1 saturated heterocycles. The fourth-order valence-corrected chi connectivity index (χ4v) is 3.26. The number of likely N-dealkylation sites (tertiary alicyclic amines) is 1. The maximum Gasteiger partial charge on any atom is 0.422 e. The molecule has 1 heterocycles. The molecule has 11 heteroatoms. The van der Waals surface area contributed by atoms with E-state index in [4.69, 9.17) is 9.47 Å². The summed E-state index contributed by atoms with van der Waals surface area (Å²) in [5, 5.41) is 2.27. The van der Waals surface area contributed by atoms with Gasteiger partial charge in [-0.25, -0.2) is 0 Å². The van der Waals surface area contributed by atoms with Crippen molar-refractivity contribution in [2.45, 2.75) is 51.1 Å². The Balaban J connectivity index is 2.46. The maximum absolute atomic E-state index is 12.8. The van der Waals surface area contributed by atoms with Crippen molar-refractivity contribution < 1.29 is 40.6 Å². The van der Waals surface area contributed by atoms with Crippen LogP contribution in [-0.2, 0) is 6.54 Å². The number of benzene rings is 1. The van der Waals surface area contributed by atoms with Gasteiger partial charge in [0.1, 0.15) is 11.5 Å². The predicted octanol–water partition coefficient (Wildman–Crippen LogP) is 4.30. The third-order valence-corrected chi connectivity index (χ3v) is 4.71. The van der Waals surface area contributed by atoms with E-state index in [0.29, 0.717) is 6.54 Å². The van der Waals surface area contributed by atoms with Gasteiger partial charge < -0.3 is 14.8 Å². The number of hydrogen-bond donors (Lipinski definition) is 1. The Morgan fingerprint density at radius 3 is 2.30 bits per heavy atom. The molecule has 0 aliphatic carbocycles. The Morgan fingerprint density at radius 1 is 1.10 bits per heavy atom. The number of nitrogens with zero attached hydrogens (tertiary/aromatic N) is 1. The summed E-state index contributed by atoms with van der Waals surface area (Å²) in [6, 6.07) is 2.28.